The monoisotopic (exact) mass is 390 g/mol. The molecule has 2 aromatic carbocycles. The van der Waals surface area contributed by atoms with E-state index in [0.29, 0.717) is 12.5 Å². The molecule has 0 spiro atoms. The Morgan fingerprint density at radius 1 is 1.21 bits per heavy atom. The summed E-state index contributed by atoms with van der Waals surface area (Å²) in [6.45, 7) is 4.45. The molecule has 1 aromatic heterocycles. The molecule has 29 heavy (non-hydrogen) atoms. The Morgan fingerprint density at radius 2 is 2.03 bits per heavy atom. The lowest BCUT2D eigenvalue weighted by molar-refractivity contribution is -0.117. The SMILES string of the molecule is CCCCc1ccc(NC(=O)CN2CCCC(c3nc4ccccc4[nH]3)C2)cc1. The van der Waals surface area contributed by atoms with Gasteiger partial charge in [0.2, 0.25) is 5.91 Å². The molecule has 4 rings (SSSR count). The number of para-hydroxylation sites is 2. The molecule has 1 amide bonds. The molecular weight excluding hydrogens is 360 g/mol. The van der Waals surface area contributed by atoms with E-state index in [4.69, 9.17) is 4.98 Å². The Bertz CT molecular complexity index is 914. The lowest BCUT2D eigenvalue weighted by atomic mass is 9.97. The van der Waals surface area contributed by atoms with E-state index < -0.39 is 0 Å². The van der Waals surface area contributed by atoms with Gasteiger partial charge in [-0.15, -0.1) is 0 Å². The fraction of sp³-hybridized carbons (Fsp3) is 0.417. The maximum atomic E-state index is 12.5. The Labute approximate surface area is 172 Å². The van der Waals surface area contributed by atoms with Gasteiger partial charge in [-0.1, -0.05) is 37.6 Å². The predicted octanol–water partition coefficient (Wildman–Crippen LogP) is 4.72. The second-order valence-corrected chi connectivity index (χ2v) is 8.06. The summed E-state index contributed by atoms with van der Waals surface area (Å²) in [7, 11) is 0. The van der Waals surface area contributed by atoms with Crippen molar-refractivity contribution in [2.24, 2.45) is 0 Å². The van der Waals surface area contributed by atoms with E-state index >= 15 is 0 Å². The minimum Gasteiger partial charge on any atom is -0.342 e. The van der Waals surface area contributed by atoms with Gasteiger partial charge in [0.05, 0.1) is 17.6 Å². The molecule has 1 unspecified atom stereocenters. The van der Waals surface area contributed by atoms with Gasteiger partial charge in [0.25, 0.3) is 0 Å². The molecule has 3 aromatic rings. The number of imidazole rings is 1. The molecule has 2 N–H and O–H groups in total. The van der Waals surface area contributed by atoms with E-state index in [1.165, 1.54) is 18.4 Å². The average Bonchev–Trinajstić information content (AvgIpc) is 3.18. The van der Waals surface area contributed by atoms with Crippen LogP contribution in [0.15, 0.2) is 48.5 Å². The Balaban J connectivity index is 1.32. The van der Waals surface area contributed by atoms with Crippen LogP contribution in [0.4, 0.5) is 5.69 Å². The number of nitrogens with one attached hydrogen (secondary N) is 2. The van der Waals surface area contributed by atoms with Crippen molar-refractivity contribution < 1.29 is 4.79 Å². The molecule has 1 aliphatic heterocycles. The third kappa shape index (κ3) is 5.04. The highest BCUT2D eigenvalue weighted by Crippen LogP contribution is 2.26. The van der Waals surface area contributed by atoms with Crippen LogP contribution in [-0.4, -0.2) is 40.4 Å². The molecule has 0 bridgehead atoms. The summed E-state index contributed by atoms with van der Waals surface area (Å²) in [6.07, 6.45) is 5.69. The van der Waals surface area contributed by atoms with Gasteiger partial charge >= 0.3 is 0 Å². The van der Waals surface area contributed by atoms with Crippen LogP contribution in [0.25, 0.3) is 11.0 Å². The van der Waals surface area contributed by atoms with Crippen molar-refractivity contribution in [3.8, 4) is 0 Å². The lowest BCUT2D eigenvalue weighted by Gasteiger charge is -2.31. The quantitative estimate of drug-likeness (QED) is 0.613. The van der Waals surface area contributed by atoms with Crippen molar-refractivity contribution in [2.45, 2.75) is 44.9 Å². The summed E-state index contributed by atoms with van der Waals surface area (Å²) >= 11 is 0. The maximum absolute atomic E-state index is 12.5. The summed E-state index contributed by atoms with van der Waals surface area (Å²) in [5, 5.41) is 3.04. The molecule has 5 heteroatoms. The number of unbranched alkanes of at least 4 members (excludes halogenated alkanes) is 1. The summed E-state index contributed by atoms with van der Waals surface area (Å²) in [5.41, 5.74) is 4.30. The average molecular weight is 391 g/mol. The zero-order chi connectivity index (χ0) is 20.1. The van der Waals surface area contributed by atoms with Crippen molar-refractivity contribution in [3.63, 3.8) is 0 Å². The number of likely N-dealkylation sites (tertiary alicyclic amines) is 1. The van der Waals surface area contributed by atoms with Crippen LogP contribution in [0, 0.1) is 0 Å². The molecule has 1 fully saturated rings. The number of carbonyl (C=O) groups is 1. The van der Waals surface area contributed by atoms with Crippen molar-refractivity contribution >= 4 is 22.6 Å². The number of piperidine rings is 1. The smallest absolute Gasteiger partial charge is 0.238 e. The predicted molar refractivity (Wildman–Crippen MR) is 118 cm³/mol. The third-order valence-electron chi connectivity index (χ3n) is 5.72. The Kier molecular flexibility index (Phi) is 6.25. The number of rotatable bonds is 7. The Hall–Kier alpha value is -2.66. The number of amides is 1. The number of hydrogen-bond acceptors (Lipinski definition) is 3. The molecule has 1 saturated heterocycles. The van der Waals surface area contributed by atoms with Gasteiger partial charge in [0.15, 0.2) is 0 Å². The van der Waals surface area contributed by atoms with Gasteiger partial charge in [-0.25, -0.2) is 4.98 Å². The first-order valence-corrected chi connectivity index (χ1v) is 10.8. The number of benzene rings is 2. The van der Waals surface area contributed by atoms with Crippen molar-refractivity contribution in [1.82, 2.24) is 14.9 Å². The van der Waals surface area contributed by atoms with Gasteiger partial charge in [0, 0.05) is 18.2 Å². The molecular formula is C24H30N4O. The highest BCUT2D eigenvalue weighted by molar-refractivity contribution is 5.92. The van der Waals surface area contributed by atoms with Crippen molar-refractivity contribution in [3.05, 3.63) is 59.9 Å². The normalized spacial score (nSPS) is 17.5. The van der Waals surface area contributed by atoms with Crippen molar-refractivity contribution in [2.75, 3.05) is 25.0 Å². The highest BCUT2D eigenvalue weighted by Gasteiger charge is 2.25. The van der Waals surface area contributed by atoms with Gasteiger partial charge < -0.3 is 10.3 Å². The van der Waals surface area contributed by atoms with E-state index in [1.54, 1.807) is 0 Å². The van der Waals surface area contributed by atoms with Gasteiger partial charge in [-0.2, -0.15) is 0 Å². The van der Waals surface area contributed by atoms with Crippen LogP contribution < -0.4 is 5.32 Å². The lowest BCUT2D eigenvalue weighted by Crippen LogP contribution is -2.40. The molecule has 1 atom stereocenters. The first kappa shape index (κ1) is 19.6. The van der Waals surface area contributed by atoms with Gasteiger partial charge in [-0.05, 0) is 62.1 Å². The maximum Gasteiger partial charge on any atom is 0.238 e. The number of nitrogens with zero attached hydrogens (tertiary/aromatic N) is 2. The standard InChI is InChI=1S/C24H30N4O/c1-2-3-7-18-11-13-20(14-12-18)25-23(29)17-28-15-6-8-19(16-28)24-26-21-9-4-5-10-22(21)27-24/h4-5,9-14,19H,2-3,6-8,15-17H2,1H3,(H,25,29)(H,26,27). The second kappa shape index (κ2) is 9.23. The zero-order valence-electron chi connectivity index (χ0n) is 17.2. The molecule has 0 saturated carbocycles. The van der Waals surface area contributed by atoms with Gasteiger partial charge in [0.1, 0.15) is 5.82 Å². The number of carbonyl (C=O) groups excluding carboxylic acids is 1. The van der Waals surface area contributed by atoms with Crippen LogP contribution in [0.1, 0.15) is 49.9 Å². The fourth-order valence-electron chi connectivity index (χ4n) is 4.13. The number of fused-ring (bicyclic) bond motifs is 1. The molecule has 0 aliphatic carbocycles. The topological polar surface area (TPSA) is 61.0 Å². The van der Waals surface area contributed by atoms with E-state index in [1.807, 2.05) is 30.3 Å². The molecule has 0 radical (unpaired) electrons. The first-order valence-electron chi connectivity index (χ1n) is 10.8. The Morgan fingerprint density at radius 3 is 2.83 bits per heavy atom. The van der Waals surface area contributed by atoms with Crippen LogP contribution in [0.5, 0.6) is 0 Å². The molecule has 2 heterocycles. The summed E-state index contributed by atoms with van der Waals surface area (Å²) in [5.74, 6) is 1.44. The van der Waals surface area contributed by atoms with E-state index in [9.17, 15) is 4.79 Å². The van der Waals surface area contributed by atoms with E-state index in [2.05, 4.69) is 40.3 Å². The van der Waals surface area contributed by atoms with Gasteiger partial charge in [-0.3, -0.25) is 9.69 Å². The third-order valence-corrected chi connectivity index (χ3v) is 5.72. The summed E-state index contributed by atoms with van der Waals surface area (Å²) < 4.78 is 0. The summed E-state index contributed by atoms with van der Waals surface area (Å²) in [4.78, 5) is 23.0. The number of hydrogen-bond donors (Lipinski definition) is 2. The van der Waals surface area contributed by atoms with Crippen LogP contribution in [0.2, 0.25) is 0 Å². The number of anilines is 1. The van der Waals surface area contributed by atoms with E-state index in [0.717, 1.165) is 54.9 Å². The highest BCUT2D eigenvalue weighted by atomic mass is 16.2. The minimum absolute atomic E-state index is 0.0524. The first-order chi connectivity index (χ1) is 14.2. The molecule has 152 valence electrons. The van der Waals surface area contributed by atoms with Crippen molar-refractivity contribution in [1.29, 1.82) is 0 Å². The number of H-pyrrole nitrogens is 1. The molecule has 1 aliphatic rings. The number of aryl methyl sites for hydroxylation is 1. The molecule has 5 nitrogen and oxygen atoms in total. The minimum atomic E-state index is 0.0524. The number of aromatic amines is 1. The van der Waals surface area contributed by atoms with Crippen LogP contribution >= 0.6 is 0 Å². The zero-order valence-corrected chi connectivity index (χ0v) is 17.2. The van der Waals surface area contributed by atoms with E-state index in [-0.39, 0.29) is 5.91 Å². The largest absolute Gasteiger partial charge is 0.342 e. The number of aromatic nitrogens is 2. The second-order valence-electron chi connectivity index (χ2n) is 8.06. The van der Waals surface area contributed by atoms with Crippen LogP contribution in [0.3, 0.4) is 0 Å². The fourth-order valence-corrected chi connectivity index (χ4v) is 4.13. The van der Waals surface area contributed by atoms with Crippen LogP contribution in [-0.2, 0) is 11.2 Å². The summed E-state index contributed by atoms with van der Waals surface area (Å²) in [6, 6.07) is 16.4.